The molecular formula is C13H16N2O4. The Balaban J connectivity index is 2.14. The van der Waals surface area contributed by atoms with Gasteiger partial charge >= 0.3 is 0 Å². The second-order valence-corrected chi connectivity index (χ2v) is 4.80. The largest absolute Gasteiger partial charge is 0.391 e. The standard InChI is InChI=1S/C13H16N2O4/c1-9(13(17)14-6-5-12(16)8-14)10-3-2-4-11(7-10)15(18)19/h2-4,7,9,12,16H,5-6,8H2,1H3/t9?,12-/m0/s1. The Labute approximate surface area is 110 Å². The zero-order valence-electron chi connectivity index (χ0n) is 10.7. The average Bonchev–Trinajstić information content (AvgIpc) is 2.84. The summed E-state index contributed by atoms with van der Waals surface area (Å²) in [5, 5.41) is 20.2. The summed E-state index contributed by atoms with van der Waals surface area (Å²) in [7, 11) is 0. The smallest absolute Gasteiger partial charge is 0.269 e. The molecule has 0 aromatic heterocycles. The molecule has 102 valence electrons. The first-order valence-corrected chi connectivity index (χ1v) is 6.20. The van der Waals surface area contributed by atoms with Gasteiger partial charge in [0, 0.05) is 25.2 Å². The van der Waals surface area contributed by atoms with E-state index in [1.165, 1.54) is 12.1 Å². The van der Waals surface area contributed by atoms with Crippen molar-refractivity contribution in [3.63, 3.8) is 0 Å². The average molecular weight is 264 g/mol. The van der Waals surface area contributed by atoms with Crippen molar-refractivity contribution in [2.24, 2.45) is 0 Å². The minimum atomic E-state index is -0.472. The van der Waals surface area contributed by atoms with Gasteiger partial charge in [0.2, 0.25) is 5.91 Å². The maximum Gasteiger partial charge on any atom is 0.269 e. The predicted octanol–water partition coefficient (Wildman–Crippen LogP) is 1.29. The summed E-state index contributed by atoms with van der Waals surface area (Å²) in [5.41, 5.74) is 0.610. The second-order valence-electron chi connectivity index (χ2n) is 4.80. The molecule has 1 saturated heterocycles. The van der Waals surface area contributed by atoms with Crippen LogP contribution in [-0.2, 0) is 4.79 Å². The summed E-state index contributed by atoms with van der Waals surface area (Å²) in [6, 6.07) is 6.12. The number of benzene rings is 1. The topological polar surface area (TPSA) is 83.7 Å². The van der Waals surface area contributed by atoms with Crippen LogP contribution in [0.1, 0.15) is 24.8 Å². The number of non-ortho nitro benzene ring substituents is 1. The van der Waals surface area contributed by atoms with Crippen LogP contribution in [0.15, 0.2) is 24.3 Å². The van der Waals surface area contributed by atoms with E-state index < -0.39 is 16.9 Å². The Hall–Kier alpha value is -1.95. The molecule has 2 rings (SSSR count). The zero-order valence-corrected chi connectivity index (χ0v) is 10.7. The molecule has 1 aromatic carbocycles. The Bertz CT molecular complexity index is 503. The molecule has 1 unspecified atom stereocenters. The van der Waals surface area contributed by atoms with E-state index in [-0.39, 0.29) is 11.6 Å². The van der Waals surface area contributed by atoms with Crippen LogP contribution in [0, 0.1) is 10.1 Å². The first kappa shape index (κ1) is 13.5. The molecule has 1 heterocycles. The number of aliphatic hydroxyl groups is 1. The number of nitro benzene ring substituents is 1. The molecule has 19 heavy (non-hydrogen) atoms. The summed E-state index contributed by atoms with van der Waals surface area (Å²) in [5.74, 6) is -0.540. The first-order chi connectivity index (χ1) is 8.99. The molecule has 1 aliphatic rings. The number of rotatable bonds is 3. The lowest BCUT2D eigenvalue weighted by atomic mass is 9.99. The van der Waals surface area contributed by atoms with Crippen LogP contribution in [0.4, 0.5) is 5.69 Å². The maximum absolute atomic E-state index is 12.2. The normalized spacial score (nSPS) is 20.3. The third-order valence-electron chi connectivity index (χ3n) is 3.43. The molecule has 0 bridgehead atoms. The molecule has 1 aromatic rings. The fraction of sp³-hybridized carbons (Fsp3) is 0.462. The van der Waals surface area contributed by atoms with E-state index in [4.69, 9.17) is 0 Å². The van der Waals surface area contributed by atoms with E-state index >= 15 is 0 Å². The molecule has 1 aliphatic heterocycles. The number of nitro groups is 1. The molecule has 6 nitrogen and oxygen atoms in total. The molecule has 0 spiro atoms. The lowest BCUT2D eigenvalue weighted by Gasteiger charge is -2.20. The van der Waals surface area contributed by atoms with Gasteiger partial charge in [0.1, 0.15) is 0 Å². The van der Waals surface area contributed by atoms with E-state index in [9.17, 15) is 20.0 Å². The highest BCUT2D eigenvalue weighted by molar-refractivity contribution is 5.83. The highest BCUT2D eigenvalue weighted by Gasteiger charge is 2.28. The second kappa shape index (κ2) is 5.36. The van der Waals surface area contributed by atoms with Gasteiger partial charge < -0.3 is 10.0 Å². The highest BCUT2D eigenvalue weighted by Crippen LogP contribution is 2.24. The number of likely N-dealkylation sites (tertiary alicyclic amines) is 1. The number of hydrogen-bond donors (Lipinski definition) is 1. The monoisotopic (exact) mass is 264 g/mol. The van der Waals surface area contributed by atoms with Crippen LogP contribution >= 0.6 is 0 Å². The number of amides is 1. The molecule has 1 amide bonds. The van der Waals surface area contributed by atoms with Gasteiger partial charge in [-0.15, -0.1) is 0 Å². The third kappa shape index (κ3) is 2.90. The van der Waals surface area contributed by atoms with Crippen molar-refractivity contribution in [2.75, 3.05) is 13.1 Å². The number of nitrogens with zero attached hydrogens (tertiary/aromatic N) is 2. The van der Waals surface area contributed by atoms with Gasteiger partial charge in [-0.3, -0.25) is 14.9 Å². The Morgan fingerprint density at radius 1 is 1.58 bits per heavy atom. The number of β-amino-alcohol motifs (C(OH)–C–C–N with tert-alkyl or cyclic N) is 1. The first-order valence-electron chi connectivity index (χ1n) is 6.20. The van der Waals surface area contributed by atoms with Gasteiger partial charge in [-0.1, -0.05) is 12.1 Å². The van der Waals surface area contributed by atoms with Crippen molar-refractivity contribution in [1.29, 1.82) is 0 Å². The van der Waals surface area contributed by atoms with E-state index in [1.807, 2.05) is 0 Å². The van der Waals surface area contributed by atoms with Gasteiger partial charge in [0.15, 0.2) is 0 Å². The fourth-order valence-electron chi connectivity index (χ4n) is 2.27. The molecule has 1 N–H and O–H groups in total. The van der Waals surface area contributed by atoms with Crippen LogP contribution in [0.5, 0.6) is 0 Å². The summed E-state index contributed by atoms with van der Waals surface area (Å²) in [4.78, 5) is 24.1. The van der Waals surface area contributed by atoms with Crippen molar-refractivity contribution < 1.29 is 14.8 Å². The third-order valence-corrected chi connectivity index (χ3v) is 3.43. The molecule has 0 radical (unpaired) electrons. The fourth-order valence-corrected chi connectivity index (χ4v) is 2.27. The van der Waals surface area contributed by atoms with Crippen molar-refractivity contribution in [1.82, 2.24) is 4.90 Å². The van der Waals surface area contributed by atoms with E-state index in [0.717, 1.165) is 0 Å². The van der Waals surface area contributed by atoms with Crippen LogP contribution in [-0.4, -0.2) is 40.0 Å². The van der Waals surface area contributed by atoms with Crippen molar-refractivity contribution in [3.8, 4) is 0 Å². The molecular weight excluding hydrogens is 248 g/mol. The van der Waals surface area contributed by atoms with E-state index in [0.29, 0.717) is 25.1 Å². The Morgan fingerprint density at radius 2 is 2.32 bits per heavy atom. The maximum atomic E-state index is 12.2. The summed E-state index contributed by atoms with van der Waals surface area (Å²) >= 11 is 0. The van der Waals surface area contributed by atoms with E-state index in [1.54, 1.807) is 24.0 Å². The molecule has 6 heteroatoms. The van der Waals surface area contributed by atoms with Crippen LogP contribution in [0.2, 0.25) is 0 Å². The van der Waals surface area contributed by atoms with Crippen molar-refractivity contribution in [2.45, 2.75) is 25.4 Å². The minimum Gasteiger partial charge on any atom is -0.391 e. The SMILES string of the molecule is CC(C(=O)N1CC[C@H](O)C1)c1cccc([N+](=O)[O-])c1. The number of carbonyl (C=O) groups excluding carboxylic acids is 1. The lowest BCUT2D eigenvalue weighted by Crippen LogP contribution is -2.33. The summed E-state index contributed by atoms with van der Waals surface area (Å²) in [6.07, 6.45) is 0.134. The highest BCUT2D eigenvalue weighted by atomic mass is 16.6. The van der Waals surface area contributed by atoms with Gasteiger partial charge in [-0.05, 0) is 18.9 Å². The van der Waals surface area contributed by atoms with Crippen molar-refractivity contribution in [3.05, 3.63) is 39.9 Å². The van der Waals surface area contributed by atoms with Gasteiger partial charge in [0.25, 0.3) is 5.69 Å². The van der Waals surface area contributed by atoms with Crippen LogP contribution < -0.4 is 0 Å². The van der Waals surface area contributed by atoms with Crippen molar-refractivity contribution >= 4 is 11.6 Å². The number of aliphatic hydroxyl groups excluding tert-OH is 1. The van der Waals surface area contributed by atoms with Gasteiger partial charge in [0.05, 0.1) is 16.9 Å². The summed E-state index contributed by atoms with van der Waals surface area (Å²) < 4.78 is 0. The van der Waals surface area contributed by atoms with Gasteiger partial charge in [-0.2, -0.15) is 0 Å². The quantitative estimate of drug-likeness (QED) is 0.658. The molecule has 0 aliphatic carbocycles. The van der Waals surface area contributed by atoms with Gasteiger partial charge in [-0.25, -0.2) is 0 Å². The molecule has 0 saturated carbocycles. The Morgan fingerprint density at radius 3 is 2.89 bits per heavy atom. The van der Waals surface area contributed by atoms with Crippen LogP contribution in [0.25, 0.3) is 0 Å². The summed E-state index contributed by atoms with van der Waals surface area (Å²) in [6.45, 7) is 2.61. The number of hydrogen-bond acceptors (Lipinski definition) is 4. The molecule has 1 fully saturated rings. The Kier molecular flexibility index (Phi) is 3.80. The predicted molar refractivity (Wildman–Crippen MR) is 68.7 cm³/mol. The number of carbonyl (C=O) groups is 1. The molecule has 2 atom stereocenters. The van der Waals surface area contributed by atoms with E-state index in [2.05, 4.69) is 0 Å². The minimum absolute atomic E-state index is 0.0152. The zero-order chi connectivity index (χ0) is 14.0. The lowest BCUT2D eigenvalue weighted by molar-refractivity contribution is -0.384. The van der Waals surface area contributed by atoms with Crippen LogP contribution in [0.3, 0.4) is 0 Å².